The van der Waals surface area contributed by atoms with Gasteiger partial charge in [-0.05, 0) is 23.3 Å². The Hall–Kier alpha value is -1.40. The van der Waals surface area contributed by atoms with Gasteiger partial charge in [-0.1, -0.05) is 20.8 Å². The van der Waals surface area contributed by atoms with E-state index in [0.717, 1.165) is 0 Å². The van der Waals surface area contributed by atoms with Gasteiger partial charge in [-0.15, -0.1) is 11.3 Å². The zero-order valence-corrected chi connectivity index (χ0v) is 13.2. The number of anilines is 1. The van der Waals surface area contributed by atoms with Crippen LogP contribution in [0, 0.1) is 11.3 Å². The molecule has 0 fully saturated rings. The molecular formula is C14H22N2O3S. The summed E-state index contributed by atoms with van der Waals surface area (Å²) in [4.78, 5) is 24.2. The van der Waals surface area contributed by atoms with Crippen LogP contribution in [0.4, 0.5) is 5.69 Å². The van der Waals surface area contributed by atoms with E-state index in [1.165, 1.54) is 18.4 Å². The van der Waals surface area contributed by atoms with Crippen LogP contribution in [0.5, 0.6) is 0 Å². The molecule has 1 aromatic rings. The third-order valence-corrected chi connectivity index (χ3v) is 3.70. The van der Waals surface area contributed by atoms with E-state index in [4.69, 9.17) is 5.73 Å². The molecule has 1 unspecified atom stereocenters. The monoisotopic (exact) mass is 298 g/mol. The van der Waals surface area contributed by atoms with Gasteiger partial charge in [0.15, 0.2) is 0 Å². The SMILES string of the molecule is COC(=O)c1sccc1NC(=O)C(CN)CC(C)(C)C. The maximum Gasteiger partial charge on any atom is 0.350 e. The number of rotatable bonds is 5. The van der Waals surface area contributed by atoms with Crippen molar-refractivity contribution in [2.24, 2.45) is 17.1 Å². The smallest absolute Gasteiger partial charge is 0.350 e. The van der Waals surface area contributed by atoms with Crippen LogP contribution in [-0.4, -0.2) is 25.5 Å². The van der Waals surface area contributed by atoms with Gasteiger partial charge in [0.2, 0.25) is 5.91 Å². The van der Waals surface area contributed by atoms with Crippen LogP contribution in [0.1, 0.15) is 36.9 Å². The lowest BCUT2D eigenvalue weighted by Gasteiger charge is -2.24. The average Bonchev–Trinajstić information content (AvgIpc) is 2.81. The van der Waals surface area contributed by atoms with Gasteiger partial charge in [0.1, 0.15) is 4.88 Å². The molecule has 0 aliphatic heterocycles. The minimum Gasteiger partial charge on any atom is -0.465 e. The van der Waals surface area contributed by atoms with E-state index in [2.05, 4.69) is 30.8 Å². The molecule has 1 aromatic heterocycles. The molecule has 6 heteroatoms. The molecule has 1 heterocycles. The number of hydrogen-bond acceptors (Lipinski definition) is 5. The second kappa shape index (κ2) is 6.85. The summed E-state index contributed by atoms with van der Waals surface area (Å²) < 4.78 is 4.68. The molecule has 0 bridgehead atoms. The Bertz CT molecular complexity index is 477. The molecule has 5 nitrogen and oxygen atoms in total. The van der Waals surface area contributed by atoms with Crippen LogP contribution in [0.25, 0.3) is 0 Å². The zero-order valence-electron chi connectivity index (χ0n) is 12.4. The Morgan fingerprint density at radius 2 is 2.10 bits per heavy atom. The van der Waals surface area contributed by atoms with E-state index in [1.807, 2.05) is 0 Å². The molecule has 1 rings (SSSR count). The zero-order chi connectivity index (χ0) is 15.3. The number of methoxy groups -OCH3 is 1. The molecule has 3 N–H and O–H groups in total. The molecule has 0 spiro atoms. The number of amides is 1. The molecule has 0 radical (unpaired) electrons. The lowest BCUT2D eigenvalue weighted by molar-refractivity contribution is -0.120. The third kappa shape index (κ3) is 4.61. The normalized spacial score (nSPS) is 12.8. The van der Waals surface area contributed by atoms with Crippen molar-refractivity contribution in [2.45, 2.75) is 27.2 Å². The van der Waals surface area contributed by atoms with E-state index < -0.39 is 5.97 Å². The molecule has 0 aliphatic rings. The fraction of sp³-hybridized carbons (Fsp3) is 0.571. The first-order valence-corrected chi connectivity index (χ1v) is 7.33. The van der Waals surface area contributed by atoms with Crippen molar-refractivity contribution in [1.29, 1.82) is 0 Å². The fourth-order valence-electron chi connectivity index (χ4n) is 1.92. The Labute approximate surface area is 123 Å². The van der Waals surface area contributed by atoms with E-state index in [1.54, 1.807) is 11.4 Å². The molecular weight excluding hydrogens is 276 g/mol. The van der Waals surface area contributed by atoms with Gasteiger partial charge in [-0.25, -0.2) is 4.79 Å². The van der Waals surface area contributed by atoms with E-state index >= 15 is 0 Å². The Balaban J connectivity index is 2.79. The number of esters is 1. The Morgan fingerprint density at radius 3 is 2.60 bits per heavy atom. The van der Waals surface area contributed by atoms with Crippen LogP contribution in [-0.2, 0) is 9.53 Å². The summed E-state index contributed by atoms with van der Waals surface area (Å²) in [7, 11) is 1.32. The van der Waals surface area contributed by atoms with Crippen LogP contribution >= 0.6 is 11.3 Å². The quantitative estimate of drug-likeness (QED) is 0.818. The van der Waals surface area contributed by atoms with Crippen LogP contribution in [0.3, 0.4) is 0 Å². The molecule has 0 saturated heterocycles. The topological polar surface area (TPSA) is 81.4 Å². The fourth-order valence-corrected chi connectivity index (χ4v) is 2.68. The van der Waals surface area contributed by atoms with Gasteiger partial charge >= 0.3 is 5.97 Å². The summed E-state index contributed by atoms with van der Waals surface area (Å²) in [5.74, 6) is -0.887. The highest BCUT2D eigenvalue weighted by Crippen LogP contribution is 2.27. The largest absolute Gasteiger partial charge is 0.465 e. The van der Waals surface area contributed by atoms with Gasteiger partial charge in [-0.2, -0.15) is 0 Å². The molecule has 0 aliphatic carbocycles. The van der Waals surface area contributed by atoms with Gasteiger partial charge in [0, 0.05) is 6.54 Å². The number of nitrogens with two attached hydrogens (primary N) is 1. The van der Waals surface area contributed by atoms with E-state index in [-0.39, 0.29) is 23.8 Å². The average molecular weight is 298 g/mol. The summed E-state index contributed by atoms with van der Waals surface area (Å²) in [6.45, 7) is 6.47. The second-order valence-corrected chi connectivity index (χ2v) is 6.76. The van der Waals surface area contributed by atoms with E-state index in [0.29, 0.717) is 17.0 Å². The maximum atomic E-state index is 12.2. The highest BCUT2D eigenvalue weighted by molar-refractivity contribution is 7.12. The number of carbonyl (C=O) groups excluding carboxylic acids is 2. The summed E-state index contributed by atoms with van der Waals surface area (Å²) in [6.07, 6.45) is 0.688. The number of hydrogen-bond donors (Lipinski definition) is 2. The minimum absolute atomic E-state index is 0.0151. The molecule has 20 heavy (non-hydrogen) atoms. The first-order valence-electron chi connectivity index (χ1n) is 6.45. The van der Waals surface area contributed by atoms with Crippen LogP contribution in [0.15, 0.2) is 11.4 Å². The van der Waals surface area contributed by atoms with Crippen molar-refractivity contribution in [3.05, 3.63) is 16.3 Å². The van der Waals surface area contributed by atoms with Crippen molar-refractivity contribution < 1.29 is 14.3 Å². The number of carbonyl (C=O) groups is 2. The molecule has 112 valence electrons. The summed E-state index contributed by atoms with van der Waals surface area (Å²) in [5, 5.41) is 4.51. The van der Waals surface area contributed by atoms with Crippen molar-refractivity contribution in [2.75, 3.05) is 19.0 Å². The van der Waals surface area contributed by atoms with Crippen molar-refractivity contribution in [3.63, 3.8) is 0 Å². The van der Waals surface area contributed by atoms with Crippen LogP contribution in [0.2, 0.25) is 0 Å². The van der Waals surface area contributed by atoms with Crippen molar-refractivity contribution in [1.82, 2.24) is 0 Å². The third-order valence-electron chi connectivity index (χ3n) is 2.81. The van der Waals surface area contributed by atoms with Crippen LogP contribution < -0.4 is 11.1 Å². The highest BCUT2D eigenvalue weighted by Gasteiger charge is 2.25. The number of nitrogens with one attached hydrogen (secondary N) is 1. The Kier molecular flexibility index (Phi) is 5.71. The summed E-state index contributed by atoms with van der Waals surface area (Å²) >= 11 is 1.24. The summed E-state index contributed by atoms with van der Waals surface area (Å²) in [5.41, 5.74) is 6.18. The minimum atomic E-state index is -0.449. The second-order valence-electron chi connectivity index (χ2n) is 5.84. The molecule has 1 amide bonds. The molecule has 0 saturated carbocycles. The Morgan fingerprint density at radius 1 is 1.45 bits per heavy atom. The van der Waals surface area contributed by atoms with Gasteiger partial charge < -0.3 is 15.8 Å². The molecule has 1 atom stereocenters. The lowest BCUT2D eigenvalue weighted by atomic mass is 9.84. The lowest BCUT2D eigenvalue weighted by Crippen LogP contribution is -2.32. The first-order chi connectivity index (χ1) is 9.28. The number of ether oxygens (including phenoxy) is 1. The maximum absolute atomic E-state index is 12.2. The van der Waals surface area contributed by atoms with Crippen molar-refractivity contribution >= 4 is 28.9 Å². The van der Waals surface area contributed by atoms with Gasteiger partial charge in [-0.3, -0.25) is 4.79 Å². The summed E-state index contributed by atoms with van der Waals surface area (Å²) in [6, 6.07) is 1.69. The number of thiophene rings is 1. The highest BCUT2D eigenvalue weighted by atomic mass is 32.1. The first kappa shape index (κ1) is 16.7. The van der Waals surface area contributed by atoms with Gasteiger partial charge in [0.05, 0.1) is 18.7 Å². The standard InChI is InChI=1S/C14H22N2O3S/c1-14(2,3)7-9(8-15)12(17)16-10-5-6-20-11(10)13(18)19-4/h5-6,9H,7-8,15H2,1-4H3,(H,16,17). The van der Waals surface area contributed by atoms with Gasteiger partial charge in [0.25, 0.3) is 0 Å². The predicted molar refractivity (Wildman–Crippen MR) is 80.9 cm³/mol. The van der Waals surface area contributed by atoms with E-state index in [9.17, 15) is 9.59 Å². The van der Waals surface area contributed by atoms with Crippen molar-refractivity contribution in [3.8, 4) is 0 Å². The molecule has 0 aromatic carbocycles. The predicted octanol–water partition coefficient (Wildman–Crippen LogP) is 2.48.